The summed E-state index contributed by atoms with van der Waals surface area (Å²) >= 11 is 0. The van der Waals surface area contributed by atoms with Crippen LogP contribution in [0.2, 0.25) is 0 Å². The zero-order chi connectivity index (χ0) is 15.0. The van der Waals surface area contributed by atoms with Gasteiger partial charge in [0.05, 0.1) is 11.7 Å². The predicted octanol–water partition coefficient (Wildman–Crippen LogP) is 4.37. The molecule has 0 bridgehead atoms. The first-order valence-corrected chi connectivity index (χ1v) is 7.51. The number of ketones is 1. The molecule has 2 heteroatoms. The fourth-order valence-electron chi connectivity index (χ4n) is 3.50. The summed E-state index contributed by atoms with van der Waals surface area (Å²) in [4.78, 5) is 10.9. The van der Waals surface area contributed by atoms with Crippen LogP contribution in [0.4, 0.5) is 0 Å². The van der Waals surface area contributed by atoms with Crippen molar-refractivity contribution in [3.05, 3.63) is 35.5 Å². The Hall–Kier alpha value is -1.15. The van der Waals surface area contributed by atoms with Gasteiger partial charge in [-0.05, 0) is 68.7 Å². The fraction of sp³-hybridized carbons (Fsp3) is 0.611. The molecule has 1 aliphatic heterocycles. The molecule has 1 aliphatic carbocycles. The predicted molar refractivity (Wildman–Crippen MR) is 82.6 cm³/mol. The lowest BCUT2D eigenvalue weighted by Crippen LogP contribution is -2.39. The molecule has 1 heterocycles. The summed E-state index contributed by atoms with van der Waals surface area (Å²) < 4.78 is 6.33. The molecule has 110 valence electrons. The molecule has 1 saturated carbocycles. The fourth-order valence-corrected chi connectivity index (χ4v) is 3.50. The van der Waals surface area contributed by atoms with Crippen LogP contribution in [0, 0.1) is 5.41 Å². The van der Waals surface area contributed by atoms with E-state index in [2.05, 4.69) is 33.8 Å². The van der Waals surface area contributed by atoms with Crippen molar-refractivity contribution in [2.75, 3.05) is 0 Å². The van der Waals surface area contributed by atoms with Gasteiger partial charge in [0.15, 0.2) is 5.78 Å². The first-order chi connectivity index (χ1) is 9.24. The molecule has 1 fully saturated rings. The third kappa shape index (κ3) is 2.95. The van der Waals surface area contributed by atoms with Gasteiger partial charge in [-0.3, -0.25) is 4.79 Å². The minimum atomic E-state index is -0.105. The van der Waals surface area contributed by atoms with Gasteiger partial charge in [-0.1, -0.05) is 26.0 Å². The van der Waals surface area contributed by atoms with E-state index >= 15 is 0 Å². The highest BCUT2D eigenvalue weighted by Crippen LogP contribution is 2.51. The summed E-state index contributed by atoms with van der Waals surface area (Å²) in [7, 11) is 0. The standard InChI is InChI=1S/C18H26O2/c1-13(8-6-9-14(2)19)15-12-16-17(3,4)10-7-11-18(16,5)20-15/h6,8-9,12,15H,7,10-11H2,1-5H3/b9-6+,13-8+. The second-order valence-electron chi connectivity index (χ2n) is 6.97. The maximum Gasteiger partial charge on any atom is 0.152 e. The molecule has 0 amide bonds. The molecule has 0 aromatic heterocycles. The smallest absolute Gasteiger partial charge is 0.152 e. The molecule has 20 heavy (non-hydrogen) atoms. The van der Waals surface area contributed by atoms with Gasteiger partial charge in [0, 0.05) is 0 Å². The lowest BCUT2D eigenvalue weighted by molar-refractivity contribution is -0.112. The Morgan fingerprint density at radius 2 is 2.00 bits per heavy atom. The third-order valence-electron chi connectivity index (χ3n) is 4.60. The van der Waals surface area contributed by atoms with Crippen molar-refractivity contribution in [3.63, 3.8) is 0 Å². The molecule has 0 spiro atoms. The summed E-state index contributed by atoms with van der Waals surface area (Å²) in [5.74, 6) is 0.0708. The van der Waals surface area contributed by atoms with Crippen LogP contribution in [0.1, 0.15) is 53.9 Å². The van der Waals surface area contributed by atoms with Crippen molar-refractivity contribution in [1.29, 1.82) is 0 Å². The molecule has 2 rings (SSSR count). The summed E-state index contributed by atoms with van der Waals surface area (Å²) in [5, 5.41) is 0. The van der Waals surface area contributed by atoms with Crippen LogP contribution in [0.15, 0.2) is 35.5 Å². The minimum Gasteiger partial charge on any atom is -0.359 e. The second-order valence-corrected chi connectivity index (χ2v) is 6.97. The quantitative estimate of drug-likeness (QED) is 0.434. The maximum atomic E-state index is 10.9. The zero-order valence-electron chi connectivity index (χ0n) is 13.3. The highest BCUT2D eigenvalue weighted by molar-refractivity contribution is 5.87. The Morgan fingerprint density at radius 3 is 2.60 bits per heavy atom. The molecule has 0 saturated heterocycles. The van der Waals surface area contributed by atoms with Crippen LogP contribution in [-0.2, 0) is 9.53 Å². The van der Waals surface area contributed by atoms with Crippen molar-refractivity contribution >= 4 is 5.78 Å². The van der Waals surface area contributed by atoms with E-state index in [1.165, 1.54) is 18.4 Å². The maximum absolute atomic E-state index is 10.9. The van der Waals surface area contributed by atoms with Crippen LogP contribution in [0.3, 0.4) is 0 Å². The number of hydrogen-bond acceptors (Lipinski definition) is 2. The van der Waals surface area contributed by atoms with Gasteiger partial charge in [0.1, 0.15) is 0 Å². The van der Waals surface area contributed by atoms with Gasteiger partial charge >= 0.3 is 0 Å². The molecule has 2 aliphatic rings. The summed E-state index contributed by atoms with van der Waals surface area (Å²) in [6.07, 6.45) is 11.3. The van der Waals surface area contributed by atoms with Crippen molar-refractivity contribution in [3.8, 4) is 0 Å². The monoisotopic (exact) mass is 274 g/mol. The first kappa shape index (κ1) is 15.2. The zero-order valence-corrected chi connectivity index (χ0v) is 13.3. The highest BCUT2D eigenvalue weighted by Gasteiger charge is 2.47. The van der Waals surface area contributed by atoms with Crippen LogP contribution >= 0.6 is 0 Å². The van der Waals surface area contributed by atoms with Crippen molar-refractivity contribution < 1.29 is 9.53 Å². The number of fused-ring (bicyclic) bond motifs is 1. The van der Waals surface area contributed by atoms with Gasteiger partial charge in [-0.2, -0.15) is 0 Å². The van der Waals surface area contributed by atoms with Crippen LogP contribution < -0.4 is 0 Å². The number of rotatable bonds is 3. The average Bonchev–Trinajstić information content (AvgIpc) is 2.67. The lowest BCUT2D eigenvalue weighted by atomic mass is 9.67. The van der Waals surface area contributed by atoms with E-state index in [1.54, 1.807) is 13.0 Å². The second kappa shape index (κ2) is 5.33. The normalized spacial score (nSPS) is 33.1. The van der Waals surface area contributed by atoms with E-state index in [-0.39, 0.29) is 22.9 Å². The van der Waals surface area contributed by atoms with Crippen molar-refractivity contribution in [2.45, 2.75) is 65.6 Å². The first-order valence-electron chi connectivity index (χ1n) is 7.51. The molecule has 2 atom stereocenters. The van der Waals surface area contributed by atoms with Crippen LogP contribution in [0.25, 0.3) is 0 Å². The molecule has 0 aromatic rings. The van der Waals surface area contributed by atoms with Crippen molar-refractivity contribution in [2.24, 2.45) is 5.41 Å². The van der Waals surface area contributed by atoms with Gasteiger partial charge in [0.2, 0.25) is 0 Å². The third-order valence-corrected chi connectivity index (χ3v) is 4.60. The number of hydrogen-bond donors (Lipinski definition) is 0. The number of ether oxygens (including phenoxy) is 1. The SMILES string of the molecule is CC(=O)/C=C/C=C(\C)C1C=C2C(C)(C)CCCC2(C)O1. The topological polar surface area (TPSA) is 26.3 Å². The number of carbonyl (C=O) groups is 1. The molecule has 2 unspecified atom stereocenters. The number of allylic oxidation sites excluding steroid dienone is 3. The Balaban J connectivity index is 2.21. The molecule has 2 nitrogen and oxygen atoms in total. The summed E-state index contributed by atoms with van der Waals surface area (Å²) in [6, 6.07) is 0. The lowest BCUT2D eigenvalue weighted by Gasteiger charge is -2.42. The Morgan fingerprint density at radius 1 is 1.30 bits per heavy atom. The van der Waals surface area contributed by atoms with E-state index < -0.39 is 0 Å². The minimum absolute atomic E-state index is 0.0454. The van der Waals surface area contributed by atoms with Gasteiger partial charge in [-0.15, -0.1) is 0 Å². The van der Waals surface area contributed by atoms with Gasteiger partial charge in [-0.25, -0.2) is 0 Å². The highest BCUT2D eigenvalue weighted by atomic mass is 16.5. The van der Waals surface area contributed by atoms with E-state index in [0.29, 0.717) is 0 Å². The largest absolute Gasteiger partial charge is 0.359 e. The summed E-state index contributed by atoms with van der Waals surface area (Å²) in [5.41, 5.74) is 2.73. The average molecular weight is 274 g/mol. The molecule has 0 radical (unpaired) electrons. The van der Waals surface area contributed by atoms with E-state index in [9.17, 15) is 4.79 Å². The van der Waals surface area contributed by atoms with Crippen LogP contribution in [0.5, 0.6) is 0 Å². The van der Waals surface area contributed by atoms with Gasteiger partial charge < -0.3 is 4.74 Å². The van der Waals surface area contributed by atoms with E-state index in [4.69, 9.17) is 4.74 Å². The molecule has 0 N–H and O–H groups in total. The Labute approximate surface area is 122 Å². The molecular formula is C18H26O2. The van der Waals surface area contributed by atoms with Crippen molar-refractivity contribution in [1.82, 2.24) is 0 Å². The molecule has 0 aromatic carbocycles. The van der Waals surface area contributed by atoms with E-state index in [1.807, 2.05) is 12.2 Å². The summed E-state index contributed by atoms with van der Waals surface area (Å²) in [6.45, 7) is 10.5. The van der Waals surface area contributed by atoms with Crippen LogP contribution in [-0.4, -0.2) is 17.5 Å². The van der Waals surface area contributed by atoms with E-state index in [0.717, 1.165) is 12.0 Å². The number of carbonyl (C=O) groups excluding carboxylic acids is 1. The van der Waals surface area contributed by atoms with Gasteiger partial charge in [0.25, 0.3) is 0 Å². The Kier molecular flexibility index (Phi) is 4.06. The molecular weight excluding hydrogens is 248 g/mol. The Bertz CT molecular complexity index is 494.